The van der Waals surface area contributed by atoms with Gasteiger partial charge in [0, 0.05) is 96.2 Å². The predicted octanol–water partition coefficient (Wildman–Crippen LogP) is 22.8. The molecule has 0 saturated heterocycles. The Labute approximate surface area is 837 Å². The number of carboxylic acids is 1. The first kappa shape index (κ1) is 102. The van der Waals surface area contributed by atoms with E-state index in [0.717, 1.165) is 72.8 Å². The summed E-state index contributed by atoms with van der Waals surface area (Å²) in [7, 11) is 1.62. The van der Waals surface area contributed by atoms with Crippen molar-refractivity contribution >= 4 is 267 Å². The Balaban J connectivity index is 0.000000138. The fraction of sp³-hybridized carbons (Fsp3) is 0.0645. The molecule has 11 heterocycles. The minimum absolute atomic E-state index is 0.0141. The van der Waals surface area contributed by atoms with Gasteiger partial charge in [-0.1, -0.05) is 152 Å². The summed E-state index contributed by atoms with van der Waals surface area (Å²) in [5, 5.41) is 88.1. The van der Waals surface area contributed by atoms with Crippen molar-refractivity contribution in [3.63, 3.8) is 0 Å². The Bertz CT molecular complexity index is 8190. The molecule has 0 aliphatic heterocycles. The van der Waals surface area contributed by atoms with Crippen LogP contribution in [0.15, 0.2) is 265 Å². The minimum Gasteiger partial charge on any atom is -0.497 e. The van der Waals surface area contributed by atoms with Gasteiger partial charge in [0.05, 0.1) is 145 Å². The Morgan fingerprint density at radius 3 is 1.35 bits per heavy atom. The second kappa shape index (κ2) is 47.5. The normalized spacial score (nSPS) is 10.6. The lowest BCUT2D eigenvalue weighted by molar-refractivity contribution is -0.386. The number of rotatable bonds is 17. The van der Waals surface area contributed by atoms with Gasteiger partial charge in [0.25, 0.3) is 11.1 Å². The van der Waals surface area contributed by atoms with Gasteiger partial charge in [-0.2, -0.15) is 10.4 Å². The Morgan fingerprint density at radius 1 is 0.440 bits per heavy atom. The number of pyridine rings is 8. The molecule has 39 nitrogen and oxygen atoms in total. The van der Waals surface area contributed by atoms with E-state index in [1.807, 2.05) is 84.9 Å². The molecule has 0 fully saturated rings. The maximum Gasteiger partial charge on any atom is 0.362 e. The summed E-state index contributed by atoms with van der Waals surface area (Å²) in [5.41, 5.74) is 13.5. The number of hydrogen-bond donors (Lipinski definition) is 9. The van der Waals surface area contributed by atoms with Crippen LogP contribution in [0, 0.1) is 30.3 Å². The van der Waals surface area contributed by atoms with E-state index in [9.17, 15) is 54.3 Å². The molecule has 0 saturated carbocycles. The number of carbonyl (C=O) groups excluding carboxylic acids is 2. The van der Waals surface area contributed by atoms with Gasteiger partial charge in [-0.25, -0.2) is 29.0 Å². The number of benzene rings is 9. The molecule has 20 rings (SSSR count). The van der Waals surface area contributed by atoms with E-state index in [2.05, 4.69) is 97.0 Å². The highest BCUT2D eigenvalue weighted by Crippen LogP contribution is 2.34. The van der Waals surface area contributed by atoms with Gasteiger partial charge in [-0.15, -0.1) is 25.5 Å². The summed E-state index contributed by atoms with van der Waals surface area (Å²) in [5.74, 6) is -0.659. The number of aromatic carboxylic acids is 1. The molecular formula is C93H67Cl9N24O15. The largest absolute Gasteiger partial charge is 0.497 e. The molecule has 0 bridgehead atoms. The van der Waals surface area contributed by atoms with Crippen LogP contribution in [0.5, 0.6) is 5.75 Å². The topological polar surface area (TPSA) is 548 Å². The third-order valence-corrected chi connectivity index (χ3v) is 21.7. The van der Waals surface area contributed by atoms with E-state index in [1.54, 1.807) is 154 Å². The van der Waals surface area contributed by atoms with E-state index in [-0.39, 0.29) is 69.1 Å². The van der Waals surface area contributed by atoms with Crippen molar-refractivity contribution in [1.82, 2.24) is 85.7 Å². The van der Waals surface area contributed by atoms with Crippen molar-refractivity contribution in [3.8, 4) is 5.75 Å². The molecule has 0 aliphatic carbocycles. The molecule has 0 aliphatic rings. The number of aromatic nitrogens is 17. The number of nitrogens with two attached hydrogens (primary N) is 1. The van der Waals surface area contributed by atoms with E-state index in [4.69, 9.17) is 129 Å². The quantitative estimate of drug-likeness (QED) is 0.0232. The van der Waals surface area contributed by atoms with Crippen LogP contribution in [0.1, 0.15) is 50.9 Å². The van der Waals surface area contributed by atoms with Crippen LogP contribution in [-0.2, 0) is 16.0 Å². The molecule has 712 valence electrons. The van der Waals surface area contributed by atoms with Gasteiger partial charge >= 0.3 is 29.3 Å². The lowest BCUT2D eigenvalue weighted by atomic mass is 10.2. The van der Waals surface area contributed by atoms with Crippen molar-refractivity contribution in [3.05, 3.63) is 374 Å². The van der Waals surface area contributed by atoms with Crippen molar-refractivity contribution in [1.29, 1.82) is 0 Å². The number of H-pyrrole nitrogens is 4. The van der Waals surface area contributed by atoms with E-state index in [0.29, 0.717) is 108 Å². The van der Waals surface area contributed by atoms with Crippen LogP contribution in [0.2, 0.25) is 45.2 Å². The number of nitrogens with one attached hydrogen (secondary N) is 7. The zero-order valence-electron chi connectivity index (χ0n) is 72.7. The number of halogens is 9. The average molecular weight is 2080 g/mol. The van der Waals surface area contributed by atoms with Gasteiger partial charge in [0.1, 0.15) is 23.2 Å². The van der Waals surface area contributed by atoms with Crippen LogP contribution in [0.3, 0.4) is 0 Å². The molecule has 48 heteroatoms. The average Bonchev–Trinajstić information content (AvgIpc) is 1.66. The molecule has 0 radical (unpaired) electrons. The summed E-state index contributed by atoms with van der Waals surface area (Å²) < 4.78 is 16.9. The third-order valence-electron chi connectivity index (χ3n) is 19.4. The van der Waals surface area contributed by atoms with Crippen LogP contribution in [0.4, 0.5) is 57.3 Å². The van der Waals surface area contributed by atoms with Gasteiger partial charge < -0.3 is 51.0 Å². The number of nitrogen functional groups attached to an aromatic ring is 1. The Hall–Kier alpha value is -16.5. The fourth-order valence-corrected chi connectivity index (χ4v) is 14.4. The summed E-state index contributed by atoms with van der Waals surface area (Å²) >= 11 is 52.5. The smallest absolute Gasteiger partial charge is 0.362 e. The molecule has 0 atom stereocenters. The molecule has 0 unspecified atom stereocenters. The first-order valence-electron chi connectivity index (χ1n) is 40.8. The SMILES string of the molecule is CCOC(=O)c1n[nH]nc1Nc1cnc2cc(Cl)ccc2c1.CCOC(=O)c1nnn(Cc2ccc(OC)cc2)c1Nc1cnc2cc(Cl)ccc2c1.Nc1cnc2cc(Cl)ccc2c1.O=C(O)c1n[nH]nc1Nc1cnc2cc(Cl)ccc2c1.O=[N+]([O-])c1cnc2cc(Cl)ccc2c1.O=[N+]([O-])c1cnc2cc(Cl)ccc2c1Cl.O=c1c([N+](=O)[O-])c[nH]c2cc(Cl)ccc12.O=c1cc[nH]c2cc(Cl)ccc12. The zero-order valence-corrected chi connectivity index (χ0v) is 79.5. The van der Waals surface area contributed by atoms with Crippen molar-refractivity contribution < 1.29 is 48.5 Å². The second-order valence-electron chi connectivity index (χ2n) is 28.9. The molecule has 10 N–H and O–H groups in total. The number of fused-ring (bicyclic) bond motifs is 8. The molecule has 141 heavy (non-hydrogen) atoms. The molecule has 0 amide bonds. The van der Waals surface area contributed by atoms with Crippen LogP contribution >= 0.6 is 104 Å². The van der Waals surface area contributed by atoms with E-state index < -0.39 is 43.8 Å². The summed E-state index contributed by atoms with van der Waals surface area (Å²) in [6.45, 7) is 4.37. The predicted molar refractivity (Wildman–Crippen MR) is 543 cm³/mol. The third kappa shape index (κ3) is 27.1. The van der Waals surface area contributed by atoms with E-state index in [1.165, 1.54) is 30.5 Å². The standard InChI is InChI=1S/C22H20ClN5O3.C14H12ClN5O2.C12H8ClN5O2.C9H4Cl2N2O2.C9H5ClN2O3.C9H5ClN2O2.C9H7ClN2.C9H6ClNO/c1-3-31-22(29)20-21(25-17-10-15-6-7-16(23)11-19(15)24-12-17)28(27-26-20)13-14-4-8-18(30-2)9-5-14;1-2-22-14(21)12-13(19-20-18-12)17-10-5-8-3-4-9(15)6-11(8)16-7-10;13-7-2-1-6-3-8(5-14-9(6)4-7)15-11-10(12(19)20)16-18-17-11;10-5-1-2-6-7(3-5)12-4-8(9(6)11)13(14)15;10-5-1-2-6-7(3-5)11-4-8(9(6)13)12(14)15;10-7-2-1-6-3-8(12(13)14)5-11-9(6)4-7;10-7-2-1-6-3-8(11)5-12-9(6)4-7;10-6-1-2-7-8(5-6)11-4-3-9(7)12/h4-12,25H,3,13H2,1-2H3;3-7H,2H2,1H3,(H2,17,18,19,20);1-5H,(H,19,20)(H2,15,16,17,18);1-4H;1-4H,(H,11,13);1-5H;1-5H,11H2;1-5H,(H,11,12). The second-order valence-corrected chi connectivity index (χ2v) is 32.8. The monoisotopic (exact) mass is 2070 g/mol. The fourth-order valence-electron chi connectivity index (χ4n) is 12.8. The number of ether oxygens (including phenoxy) is 3. The first-order chi connectivity index (χ1) is 67.7. The zero-order chi connectivity index (χ0) is 101. The maximum absolute atomic E-state index is 12.4. The highest BCUT2D eigenvalue weighted by Gasteiger charge is 2.25. The van der Waals surface area contributed by atoms with Crippen LogP contribution in [0.25, 0.3) is 87.2 Å². The van der Waals surface area contributed by atoms with Gasteiger partial charge in [-0.05, 0) is 171 Å². The first-order valence-corrected chi connectivity index (χ1v) is 44.2. The maximum atomic E-state index is 12.4. The molecule has 11 aromatic heterocycles. The molecular weight excluding hydrogens is 2010 g/mol. The summed E-state index contributed by atoms with van der Waals surface area (Å²) in [4.78, 5) is 118. The van der Waals surface area contributed by atoms with Gasteiger partial charge in [0.2, 0.25) is 17.1 Å². The number of aromatic amines is 4. The highest BCUT2D eigenvalue weighted by atomic mass is 35.5. The lowest BCUT2D eigenvalue weighted by Crippen LogP contribution is -2.11. The molecule has 0 spiro atoms. The number of esters is 2. The summed E-state index contributed by atoms with van der Waals surface area (Å²) in [6, 6.07) is 59.4. The minimum atomic E-state index is -1.17. The highest BCUT2D eigenvalue weighted by molar-refractivity contribution is 6.38. The lowest BCUT2D eigenvalue weighted by Gasteiger charge is -2.11. The van der Waals surface area contributed by atoms with Gasteiger partial charge in [0.15, 0.2) is 22.9 Å². The number of hydrogen-bond acceptors (Lipinski definition) is 30. The number of carbonyl (C=O) groups is 3. The van der Waals surface area contributed by atoms with Crippen molar-refractivity contribution in [2.75, 3.05) is 42.0 Å². The number of carboxylic acid groups (broad SMARTS) is 1. The van der Waals surface area contributed by atoms with Crippen molar-refractivity contribution in [2.24, 2.45) is 0 Å². The van der Waals surface area contributed by atoms with E-state index >= 15 is 0 Å². The number of nitrogens with zero attached hydrogens (tertiary/aromatic N) is 16. The number of nitro groups is 3. The number of anilines is 7. The van der Waals surface area contributed by atoms with Crippen molar-refractivity contribution in [2.45, 2.75) is 20.4 Å². The Kier molecular flexibility index (Phi) is 34.3. The molecule has 20 aromatic rings. The Morgan fingerprint density at radius 2 is 0.858 bits per heavy atom. The van der Waals surface area contributed by atoms with Crippen LogP contribution in [-0.4, -0.2) is 144 Å². The summed E-state index contributed by atoms with van der Waals surface area (Å²) in [6.07, 6.45) is 11.5. The molecule has 9 aromatic carbocycles. The number of methoxy groups -OCH3 is 1. The van der Waals surface area contributed by atoms with Gasteiger partial charge in [-0.3, -0.25) is 59.9 Å². The van der Waals surface area contributed by atoms with Crippen LogP contribution < -0.4 is 37.3 Å².